The number of para-hydroxylation sites is 1. The molecule has 1 fully saturated rings. The lowest BCUT2D eigenvalue weighted by atomic mass is 10.0. The normalized spacial score (nSPS) is 16.6. The molecule has 2 aliphatic heterocycles. The fourth-order valence-corrected chi connectivity index (χ4v) is 5.45. The summed E-state index contributed by atoms with van der Waals surface area (Å²) in [6.07, 6.45) is 3.43. The summed E-state index contributed by atoms with van der Waals surface area (Å²) in [4.78, 5) is 41.7. The van der Waals surface area contributed by atoms with E-state index >= 15 is 4.39 Å². The number of aromatic amines is 1. The monoisotopic (exact) mass is 573 g/mol. The smallest absolute Gasteiger partial charge is 0.338 e. The van der Waals surface area contributed by atoms with Gasteiger partial charge in [0.05, 0.1) is 36.2 Å². The number of methoxy groups -OCH3 is 1. The van der Waals surface area contributed by atoms with Crippen LogP contribution in [-0.2, 0) is 20.7 Å². The molecular formula is C30H32FN7O4. The van der Waals surface area contributed by atoms with E-state index in [0.29, 0.717) is 46.4 Å². The number of likely N-dealkylation sites (N-methyl/N-ethyl adjacent to an activating group) is 1. The predicted molar refractivity (Wildman–Crippen MR) is 156 cm³/mol. The van der Waals surface area contributed by atoms with Crippen LogP contribution in [-0.4, -0.2) is 96.2 Å². The predicted octanol–water partition coefficient (Wildman–Crippen LogP) is 3.42. The highest BCUT2D eigenvalue weighted by molar-refractivity contribution is 6.06. The van der Waals surface area contributed by atoms with Crippen molar-refractivity contribution in [2.75, 3.05) is 64.2 Å². The SMILES string of the molecule is COC[C@H](C(=O)Nc1cccc2c(-c3nc(Nc4ccc5c(c4)C(=O)OCC5)ncc3F)c[nH]c12)N1CCN(C)CC1. The van der Waals surface area contributed by atoms with Gasteiger partial charge in [-0.15, -0.1) is 0 Å². The third kappa shape index (κ3) is 5.56. The standard InChI is InChI=1S/C30H32FN7O4/c1-37-9-11-38(12-10-37)25(17-41-2)28(39)35-24-5-3-4-20-22(15-32-27(20)24)26-23(31)16-33-30(36-26)34-19-7-6-18-8-13-42-29(40)21(18)14-19/h3-7,14-16,25,32H,8-13,17H2,1-2H3,(H,35,39)(H,33,34,36)/t25-/m1/s1. The van der Waals surface area contributed by atoms with E-state index in [9.17, 15) is 9.59 Å². The lowest BCUT2D eigenvalue weighted by molar-refractivity contribution is -0.124. The molecule has 6 rings (SSSR count). The first-order valence-corrected chi connectivity index (χ1v) is 13.8. The molecule has 2 aliphatic rings. The Kier molecular flexibility index (Phi) is 7.83. The third-order valence-electron chi connectivity index (χ3n) is 7.77. The Morgan fingerprint density at radius 2 is 2.02 bits per heavy atom. The summed E-state index contributed by atoms with van der Waals surface area (Å²) in [5.74, 6) is -0.970. The average Bonchev–Trinajstić information content (AvgIpc) is 3.43. The molecule has 1 atom stereocenters. The van der Waals surface area contributed by atoms with Crippen molar-refractivity contribution in [1.82, 2.24) is 24.8 Å². The number of piperazine rings is 1. The number of nitrogens with one attached hydrogen (secondary N) is 3. The number of aromatic nitrogens is 3. The Bertz CT molecular complexity index is 1630. The molecule has 0 bridgehead atoms. The van der Waals surface area contributed by atoms with Crippen LogP contribution >= 0.6 is 0 Å². The lowest BCUT2D eigenvalue weighted by Crippen LogP contribution is -2.54. The van der Waals surface area contributed by atoms with Gasteiger partial charge in [0.25, 0.3) is 0 Å². The van der Waals surface area contributed by atoms with Crippen molar-refractivity contribution in [3.8, 4) is 11.3 Å². The van der Waals surface area contributed by atoms with Gasteiger partial charge >= 0.3 is 5.97 Å². The zero-order chi connectivity index (χ0) is 29.2. The van der Waals surface area contributed by atoms with Gasteiger partial charge in [-0.25, -0.2) is 19.2 Å². The molecule has 3 N–H and O–H groups in total. The molecule has 0 saturated carbocycles. The van der Waals surface area contributed by atoms with Gasteiger partial charge in [-0.1, -0.05) is 18.2 Å². The maximum atomic E-state index is 15.1. The van der Waals surface area contributed by atoms with Gasteiger partial charge in [-0.2, -0.15) is 0 Å². The molecular weight excluding hydrogens is 541 g/mol. The van der Waals surface area contributed by atoms with Crippen molar-refractivity contribution >= 4 is 40.1 Å². The highest BCUT2D eigenvalue weighted by Crippen LogP contribution is 2.33. The summed E-state index contributed by atoms with van der Waals surface area (Å²) in [5, 5.41) is 6.80. The molecule has 1 saturated heterocycles. The topological polar surface area (TPSA) is 125 Å². The largest absolute Gasteiger partial charge is 0.462 e. The fraction of sp³-hybridized carbons (Fsp3) is 0.333. The van der Waals surface area contributed by atoms with E-state index in [1.807, 2.05) is 18.2 Å². The van der Waals surface area contributed by atoms with Crippen LogP contribution in [0.2, 0.25) is 0 Å². The summed E-state index contributed by atoms with van der Waals surface area (Å²) in [6, 6.07) is 10.4. The maximum absolute atomic E-state index is 15.1. The summed E-state index contributed by atoms with van der Waals surface area (Å²) >= 11 is 0. The number of cyclic esters (lactones) is 1. The second-order valence-corrected chi connectivity index (χ2v) is 10.5. The lowest BCUT2D eigenvalue weighted by Gasteiger charge is -2.36. The Labute approximate surface area is 242 Å². The molecule has 1 amide bonds. The second-order valence-electron chi connectivity index (χ2n) is 10.5. The van der Waals surface area contributed by atoms with Gasteiger partial charge in [0.2, 0.25) is 11.9 Å². The van der Waals surface area contributed by atoms with Crippen LogP contribution in [0.25, 0.3) is 22.2 Å². The van der Waals surface area contributed by atoms with Crippen molar-refractivity contribution < 1.29 is 23.5 Å². The molecule has 0 spiro atoms. The quantitative estimate of drug-likeness (QED) is 0.272. The van der Waals surface area contributed by atoms with Gasteiger partial charge in [0, 0.05) is 62.5 Å². The minimum atomic E-state index is -0.597. The number of anilines is 3. The zero-order valence-corrected chi connectivity index (χ0v) is 23.4. The van der Waals surface area contributed by atoms with E-state index in [-0.39, 0.29) is 30.1 Å². The van der Waals surface area contributed by atoms with E-state index in [0.717, 1.165) is 37.9 Å². The zero-order valence-electron chi connectivity index (χ0n) is 23.4. The van der Waals surface area contributed by atoms with E-state index in [2.05, 4.69) is 42.4 Å². The minimum Gasteiger partial charge on any atom is -0.462 e. The summed E-state index contributed by atoms with van der Waals surface area (Å²) in [6.45, 7) is 3.94. The summed E-state index contributed by atoms with van der Waals surface area (Å²) in [5.41, 5.74) is 3.82. The van der Waals surface area contributed by atoms with Crippen LogP contribution in [0.1, 0.15) is 15.9 Å². The molecule has 2 aromatic carbocycles. The highest BCUT2D eigenvalue weighted by Gasteiger charge is 2.29. The number of carbonyl (C=O) groups excluding carboxylic acids is 2. The molecule has 0 aliphatic carbocycles. The Hall–Kier alpha value is -4.39. The average molecular weight is 574 g/mol. The molecule has 2 aromatic heterocycles. The van der Waals surface area contributed by atoms with Gasteiger partial charge in [0.1, 0.15) is 11.7 Å². The Morgan fingerprint density at radius 1 is 1.19 bits per heavy atom. The van der Waals surface area contributed by atoms with E-state index in [1.165, 1.54) is 0 Å². The van der Waals surface area contributed by atoms with Crippen LogP contribution in [0.5, 0.6) is 0 Å². The molecule has 0 radical (unpaired) electrons. The number of halogens is 1. The number of H-pyrrole nitrogens is 1. The second kappa shape index (κ2) is 11.8. The minimum absolute atomic E-state index is 0.0919. The van der Waals surface area contributed by atoms with Gasteiger partial charge in [0.15, 0.2) is 5.82 Å². The van der Waals surface area contributed by atoms with Crippen LogP contribution in [0.3, 0.4) is 0 Å². The van der Waals surface area contributed by atoms with Crippen molar-refractivity contribution in [3.63, 3.8) is 0 Å². The molecule has 218 valence electrons. The van der Waals surface area contributed by atoms with E-state index < -0.39 is 11.9 Å². The van der Waals surface area contributed by atoms with E-state index in [1.54, 1.807) is 31.5 Å². The summed E-state index contributed by atoms with van der Waals surface area (Å²) in [7, 11) is 3.66. The first kappa shape index (κ1) is 27.8. The van der Waals surface area contributed by atoms with Crippen molar-refractivity contribution in [2.24, 2.45) is 0 Å². The van der Waals surface area contributed by atoms with E-state index in [4.69, 9.17) is 9.47 Å². The number of hydrogen-bond donors (Lipinski definition) is 3. The highest BCUT2D eigenvalue weighted by atomic mass is 19.1. The van der Waals surface area contributed by atoms with Gasteiger partial charge < -0.3 is 30.0 Å². The van der Waals surface area contributed by atoms with Crippen molar-refractivity contribution in [3.05, 3.63) is 65.7 Å². The summed E-state index contributed by atoms with van der Waals surface area (Å²) < 4.78 is 25.6. The number of hydrogen-bond acceptors (Lipinski definition) is 9. The van der Waals surface area contributed by atoms with Crippen molar-refractivity contribution in [1.29, 1.82) is 0 Å². The molecule has 12 heteroatoms. The number of ether oxygens (including phenoxy) is 2. The van der Waals surface area contributed by atoms with Gasteiger partial charge in [-0.05, 0) is 30.8 Å². The maximum Gasteiger partial charge on any atom is 0.338 e. The molecule has 4 aromatic rings. The number of esters is 1. The van der Waals surface area contributed by atoms with Crippen LogP contribution in [0, 0.1) is 5.82 Å². The number of benzene rings is 2. The Balaban J connectivity index is 1.25. The Morgan fingerprint density at radius 3 is 2.83 bits per heavy atom. The first-order valence-electron chi connectivity index (χ1n) is 13.8. The number of amides is 1. The molecule has 4 heterocycles. The van der Waals surface area contributed by atoms with Gasteiger partial charge in [-0.3, -0.25) is 9.69 Å². The fourth-order valence-electron chi connectivity index (χ4n) is 5.45. The third-order valence-corrected chi connectivity index (χ3v) is 7.77. The molecule has 42 heavy (non-hydrogen) atoms. The number of nitrogens with zero attached hydrogens (tertiary/aromatic N) is 4. The molecule has 0 unspecified atom stereocenters. The van der Waals surface area contributed by atoms with Crippen molar-refractivity contribution in [2.45, 2.75) is 12.5 Å². The molecule has 11 nitrogen and oxygen atoms in total. The van der Waals surface area contributed by atoms with Crippen LogP contribution < -0.4 is 10.6 Å². The van der Waals surface area contributed by atoms with Crippen LogP contribution in [0.4, 0.5) is 21.7 Å². The van der Waals surface area contributed by atoms with Crippen LogP contribution in [0.15, 0.2) is 48.8 Å². The number of carbonyl (C=O) groups is 2. The first-order chi connectivity index (χ1) is 20.4. The number of fused-ring (bicyclic) bond motifs is 2. The number of rotatable bonds is 8.